The molecule has 1 unspecified atom stereocenters. The quantitative estimate of drug-likeness (QED) is 0.792. The van der Waals surface area contributed by atoms with Crippen LogP contribution in [-0.2, 0) is 10.0 Å². The summed E-state index contributed by atoms with van der Waals surface area (Å²) in [6, 6.07) is 4.70. The zero-order valence-corrected chi connectivity index (χ0v) is 14.3. The summed E-state index contributed by atoms with van der Waals surface area (Å²) in [4.78, 5) is 5.90. The van der Waals surface area contributed by atoms with E-state index >= 15 is 0 Å². The monoisotopic (exact) mass is 341 g/mol. The fourth-order valence-electron chi connectivity index (χ4n) is 3.63. The average Bonchev–Trinajstić information content (AvgIpc) is 2.55. The van der Waals surface area contributed by atoms with E-state index in [9.17, 15) is 12.8 Å². The van der Waals surface area contributed by atoms with Gasteiger partial charge in [-0.3, -0.25) is 0 Å². The van der Waals surface area contributed by atoms with Gasteiger partial charge in [0.1, 0.15) is 5.82 Å². The first-order valence-electron chi connectivity index (χ1n) is 8.36. The highest BCUT2D eigenvalue weighted by atomic mass is 32.2. The highest BCUT2D eigenvalue weighted by Gasteiger charge is 2.37. The van der Waals surface area contributed by atoms with E-state index in [0.29, 0.717) is 25.5 Å². The predicted molar refractivity (Wildman–Crippen MR) is 88.4 cm³/mol. The first-order valence-corrected chi connectivity index (χ1v) is 9.87. The summed E-state index contributed by atoms with van der Waals surface area (Å²) in [6.07, 6.45) is 4.71. The van der Waals surface area contributed by atoms with Crippen molar-refractivity contribution in [2.45, 2.75) is 50.3 Å². The molecule has 1 saturated carbocycles. The molecule has 128 valence electrons. The summed E-state index contributed by atoms with van der Waals surface area (Å²) in [7, 11) is -3.22. The topological polar surface area (TPSA) is 53.5 Å². The second-order valence-electron chi connectivity index (χ2n) is 6.52. The van der Waals surface area contributed by atoms with E-state index in [2.05, 4.69) is 4.98 Å². The van der Waals surface area contributed by atoms with Crippen molar-refractivity contribution in [3.63, 3.8) is 0 Å². The SMILES string of the molecule is CC1CN(S(=O)(=O)C2CCCCC2)CCN1c1cccc(F)n1. The summed E-state index contributed by atoms with van der Waals surface area (Å²) in [5.41, 5.74) is 0. The van der Waals surface area contributed by atoms with Crippen molar-refractivity contribution in [3.8, 4) is 0 Å². The van der Waals surface area contributed by atoms with Crippen molar-refractivity contribution in [1.29, 1.82) is 0 Å². The molecule has 5 nitrogen and oxygen atoms in total. The van der Waals surface area contributed by atoms with Gasteiger partial charge >= 0.3 is 0 Å². The Labute approximate surface area is 137 Å². The Hall–Kier alpha value is -1.21. The van der Waals surface area contributed by atoms with Crippen LogP contribution in [0.1, 0.15) is 39.0 Å². The second-order valence-corrected chi connectivity index (χ2v) is 8.74. The zero-order valence-electron chi connectivity index (χ0n) is 13.5. The molecule has 0 aromatic carbocycles. The van der Waals surface area contributed by atoms with Crippen molar-refractivity contribution in [2.24, 2.45) is 0 Å². The Balaban J connectivity index is 1.70. The van der Waals surface area contributed by atoms with Crippen LogP contribution >= 0.6 is 0 Å². The molecule has 1 aromatic rings. The van der Waals surface area contributed by atoms with Crippen molar-refractivity contribution in [3.05, 3.63) is 24.1 Å². The zero-order chi connectivity index (χ0) is 16.4. The lowest BCUT2D eigenvalue weighted by Crippen LogP contribution is -2.55. The minimum Gasteiger partial charge on any atom is -0.351 e. The molecule has 1 atom stereocenters. The summed E-state index contributed by atoms with van der Waals surface area (Å²) in [5.74, 6) is 0.0687. The number of hydrogen-bond donors (Lipinski definition) is 0. The summed E-state index contributed by atoms with van der Waals surface area (Å²) < 4.78 is 40.6. The third-order valence-electron chi connectivity index (χ3n) is 4.92. The van der Waals surface area contributed by atoms with E-state index in [1.54, 1.807) is 16.4 Å². The standard InChI is InChI=1S/C16H24FN3O2S/c1-13-12-19(23(21,22)14-6-3-2-4-7-14)10-11-20(13)16-9-5-8-15(17)18-16/h5,8-9,13-14H,2-4,6-7,10-12H2,1H3. The number of halogens is 1. The Morgan fingerprint density at radius 3 is 2.57 bits per heavy atom. The molecule has 7 heteroatoms. The molecular formula is C16H24FN3O2S. The average molecular weight is 341 g/mol. The highest BCUT2D eigenvalue weighted by molar-refractivity contribution is 7.89. The molecule has 3 rings (SSSR count). The maximum Gasteiger partial charge on any atom is 0.217 e. The number of anilines is 1. The van der Waals surface area contributed by atoms with Crippen molar-refractivity contribution >= 4 is 15.8 Å². The molecule has 1 aliphatic heterocycles. The van der Waals surface area contributed by atoms with E-state index in [1.165, 1.54) is 6.07 Å². The van der Waals surface area contributed by atoms with Gasteiger partial charge in [0, 0.05) is 25.7 Å². The third kappa shape index (κ3) is 3.50. The molecule has 1 aliphatic carbocycles. The van der Waals surface area contributed by atoms with E-state index in [4.69, 9.17) is 0 Å². The number of aromatic nitrogens is 1. The lowest BCUT2D eigenvalue weighted by atomic mass is 10.0. The molecule has 2 aliphatic rings. The van der Waals surface area contributed by atoms with Gasteiger partial charge in [0.05, 0.1) is 5.25 Å². The molecule has 0 N–H and O–H groups in total. The lowest BCUT2D eigenvalue weighted by Gasteiger charge is -2.41. The van der Waals surface area contributed by atoms with Crippen LogP contribution in [0.25, 0.3) is 0 Å². The van der Waals surface area contributed by atoms with Crippen LogP contribution < -0.4 is 4.90 Å². The fourth-order valence-corrected chi connectivity index (χ4v) is 5.74. The minimum absolute atomic E-state index is 0.0172. The van der Waals surface area contributed by atoms with Gasteiger partial charge in [-0.15, -0.1) is 0 Å². The molecule has 23 heavy (non-hydrogen) atoms. The number of sulfonamides is 1. The minimum atomic E-state index is -3.22. The molecule has 1 aromatic heterocycles. The van der Waals surface area contributed by atoms with Crippen LogP contribution in [0.15, 0.2) is 18.2 Å². The van der Waals surface area contributed by atoms with E-state index < -0.39 is 16.0 Å². The van der Waals surface area contributed by atoms with Crippen molar-refractivity contribution in [1.82, 2.24) is 9.29 Å². The number of rotatable bonds is 3. The Kier molecular flexibility index (Phi) is 4.87. The maximum absolute atomic E-state index is 13.3. The molecule has 1 saturated heterocycles. The highest BCUT2D eigenvalue weighted by Crippen LogP contribution is 2.28. The van der Waals surface area contributed by atoms with Crippen molar-refractivity contribution in [2.75, 3.05) is 24.5 Å². The van der Waals surface area contributed by atoms with E-state index in [1.807, 2.05) is 11.8 Å². The van der Waals surface area contributed by atoms with Gasteiger partial charge in [-0.2, -0.15) is 8.70 Å². The second kappa shape index (κ2) is 6.73. The van der Waals surface area contributed by atoms with Crippen LogP contribution in [-0.4, -0.2) is 48.6 Å². The normalized spacial score (nSPS) is 24.8. The summed E-state index contributed by atoms with van der Waals surface area (Å²) >= 11 is 0. The van der Waals surface area contributed by atoms with Gasteiger partial charge in [0.2, 0.25) is 16.0 Å². The fraction of sp³-hybridized carbons (Fsp3) is 0.688. The summed E-state index contributed by atoms with van der Waals surface area (Å²) in [6.45, 7) is 3.40. The van der Waals surface area contributed by atoms with Gasteiger partial charge in [-0.05, 0) is 31.9 Å². The summed E-state index contributed by atoms with van der Waals surface area (Å²) in [5, 5.41) is -0.220. The Bertz CT molecular complexity index is 646. The van der Waals surface area contributed by atoms with Crippen LogP contribution in [0.2, 0.25) is 0 Å². The maximum atomic E-state index is 13.3. The van der Waals surface area contributed by atoms with Gasteiger partial charge < -0.3 is 4.90 Å². The molecule has 0 amide bonds. The van der Waals surface area contributed by atoms with Crippen LogP contribution in [0.3, 0.4) is 0 Å². The Morgan fingerprint density at radius 1 is 1.17 bits per heavy atom. The van der Waals surface area contributed by atoms with Crippen LogP contribution in [0.5, 0.6) is 0 Å². The third-order valence-corrected chi connectivity index (χ3v) is 7.28. The molecule has 2 heterocycles. The smallest absolute Gasteiger partial charge is 0.217 e. The Morgan fingerprint density at radius 2 is 1.91 bits per heavy atom. The molecule has 0 spiro atoms. The molecule has 0 bridgehead atoms. The first-order chi connectivity index (χ1) is 11.0. The van der Waals surface area contributed by atoms with Gasteiger partial charge in [-0.25, -0.2) is 13.4 Å². The van der Waals surface area contributed by atoms with Gasteiger partial charge in [0.15, 0.2) is 0 Å². The van der Waals surface area contributed by atoms with Crippen LogP contribution in [0, 0.1) is 5.95 Å². The molecule has 0 radical (unpaired) electrons. The number of pyridine rings is 1. The van der Waals surface area contributed by atoms with E-state index in [-0.39, 0.29) is 11.3 Å². The van der Waals surface area contributed by atoms with Crippen LogP contribution in [0.4, 0.5) is 10.2 Å². The molecular weight excluding hydrogens is 317 g/mol. The lowest BCUT2D eigenvalue weighted by molar-refractivity contribution is 0.330. The number of hydrogen-bond acceptors (Lipinski definition) is 4. The first kappa shape index (κ1) is 16.6. The predicted octanol–water partition coefficient (Wildman–Crippen LogP) is 2.39. The van der Waals surface area contributed by atoms with Crippen molar-refractivity contribution < 1.29 is 12.8 Å². The van der Waals surface area contributed by atoms with Gasteiger partial charge in [0.25, 0.3) is 0 Å². The number of piperazine rings is 1. The van der Waals surface area contributed by atoms with E-state index in [0.717, 1.165) is 32.1 Å². The number of nitrogens with zero attached hydrogens (tertiary/aromatic N) is 3. The largest absolute Gasteiger partial charge is 0.351 e. The molecule has 2 fully saturated rings. The van der Waals surface area contributed by atoms with Gasteiger partial charge in [-0.1, -0.05) is 25.3 Å².